The van der Waals surface area contributed by atoms with Crippen molar-refractivity contribution in [1.82, 2.24) is 10.2 Å². The van der Waals surface area contributed by atoms with Crippen LogP contribution in [0.1, 0.15) is 31.9 Å². The average molecular weight is 621 g/mol. The highest BCUT2D eigenvalue weighted by Crippen LogP contribution is 2.31. The number of benzene rings is 3. The van der Waals surface area contributed by atoms with Crippen molar-refractivity contribution < 1.29 is 22.7 Å². The second kappa shape index (κ2) is 13.6. The van der Waals surface area contributed by atoms with E-state index in [4.69, 9.17) is 27.9 Å². The molecule has 0 aliphatic rings. The number of ether oxygens (including phenoxy) is 1. The Morgan fingerprint density at radius 3 is 2.07 bits per heavy atom. The van der Waals surface area contributed by atoms with E-state index in [0.29, 0.717) is 15.6 Å². The second-order valence-corrected chi connectivity index (χ2v) is 13.3. The topological polar surface area (TPSA) is 96.0 Å². The zero-order chi connectivity index (χ0) is 30.4. The van der Waals surface area contributed by atoms with Gasteiger partial charge in [0, 0.05) is 34.1 Å². The van der Waals surface area contributed by atoms with Gasteiger partial charge in [0.15, 0.2) is 0 Å². The highest BCUT2D eigenvalue weighted by Gasteiger charge is 2.35. The van der Waals surface area contributed by atoms with E-state index >= 15 is 0 Å². The molecule has 0 saturated heterocycles. The predicted molar refractivity (Wildman–Crippen MR) is 164 cm³/mol. The average Bonchev–Trinajstić information content (AvgIpc) is 2.89. The van der Waals surface area contributed by atoms with Crippen LogP contribution in [0, 0.1) is 0 Å². The molecule has 2 amide bonds. The standard InChI is InChI=1S/C30H35Cl2N3O5S/c1-30(2,3)33-29(37)26(18-21-12-7-6-8-13-21)34(19-22-23(31)14-11-15-24(22)32)28(36)20-35(41(5,38)39)25-16-9-10-17-27(25)40-4/h6-17,26H,18-20H2,1-5H3,(H,33,37). The zero-order valence-corrected chi connectivity index (χ0v) is 26.1. The molecule has 41 heavy (non-hydrogen) atoms. The van der Waals surface area contributed by atoms with Crippen molar-refractivity contribution in [2.45, 2.75) is 45.3 Å². The van der Waals surface area contributed by atoms with Crippen LogP contribution in [0.2, 0.25) is 10.0 Å². The van der Waals surface area contributed by atoms with Gasteiger partial charge >= 0.3 is 0 Å². The first kappa shape index (κ1) is 32.2. The number of nitrogens with zero attached hydrogens (tertiary/aromatic N) is 2. The van der Waals surface area contributed by atoms with E-state index in [9.17, 15) is 18.0 Å². The quantitative estimate of drug-likeness (QED) is 0.313. The molecular formula is C30H35Cl2N3O5S. The summed E-state index contributed by atoms with van der Waals surface area (Å²) in [6.45, 7) is 4.81. The second-order valence-electron chi connectivity index (χ2n) is 10.6. The first-order valence-corrected chi connectivity index (χ1v) is 15.5. The molecule has 0 aliphatic carbocycles. The normalized spacial score (nSPS) is 12.4. The first-order valence-electron chi connectivity index (χ1n) is 12.9. The number of sulfonamides is 1. The fourth-order valence-corrected chi connectivity index (χ4v) is 5.66. The Morgan fingerprint density at radius 1 is 0.927 bits per heavy atom. The number of carbonyl (C=O) groups excluding carboxylic acids is 2. The first-order chi connectivity index (χ1) is 19.2. The molecule has 3 aromatic carbocycles. The maximum Gasteiger partial charge on any atom is 0.244 e. The van der Waals surface area contributed by atoms with Crippen LogP contribution in [0.3, 0.4) is 0 Å². The fourth-order valence-electron chi connectivity index (χ4n) is 4.29. The third-order valence-corrected chi connectivity index (χ3v) is 8.03. The number of methoxy groups -OCH3 is 1. The summed E-state index contributed by atoms with van der Waals surface area (Å²) in [4.78, 5) is 29.4. The Hall–Kier alpha value is -3.27. The summed E-state index contributed by atoms with van der Waals surface area (Å²) in [7, 11) is -2.53. The van der Waals surface area contributed by atoms with Crippen molar-refractivity contribution >= 4 is 50.7 Å². The molecule has 0 heterocycles. The molecule has 11 heteroatoms. The Morgan fingerprint density at radius 2 is 1.51 bits per heavy atom. The smallest absolute Gasteiger partial charge is 0.244 e. The Balaban J connectivity index is 2.14. The van der Waals surface area contributed by atoms with Gasteiger partial charge in [-0.25, -0.2) is 8.42 Å². The molecule has 1 atom stereocenters. The van der Waals surface area contributed by atoms with Gasteiger partial charge in [-0.1, -0.05) is 71.7 Å². The molecule has 0 aromatic heterocycles. The lowest BCUT2D eigenvalue weighted by atomic mass is 10.0. The van der Waals surface area contributed by atoms with Crippen LogP contribution in [0.5, 0.6) is 5.75 Å². The molecule has 8 nitrogen and oxygen atoms in total. The number of amides is 2. The third-order valence-electron chi connectivity index (χ3n) is 6.19. The van der Waals surface area contributed by atoms with Crippen LogP contribution >= 0.6 is 23.2 Å². The van der Waals surface area contributed by atoms with Crippen molar-refractivity contribution in [2.24, 2.45) is 0 Å². The number of hydrogen-bond donors (Lipinski definition) is 1. The molecule has 220 valence electrons. The molecule has 3 rings (SSSR count). The maximum absolute atomic E-state index is 14.2. The van der Waals surface area contributed by atoms with Gasteiger partial charge in [0.25, 0.3) is 0 Å². The van der Waals surface area contributed by atoms with Crippen LogP contribution in [0.15, 0.2) is 72.8 Å². The van der Waals surface area contributed by atoms with E-state index in [0.717, 1.165) is 16.1 Å². The third kappa shape index (κ3) is 8.86. The number of anilines is 1. The van der Waals surface area contributed by atoms with Crippen LogP contribution in [-0.4, -0.2) is 56.6 Å². The summed E-state index contributed by atoms with van der Waals surface area (Å²) in [5, 5.41) is 3.60. The summed E-state index contributed by atoms with van der Waals surface area (Å²) < 4.78 is 32.3. The van der Waals surface area contributed by atoms with E-state index in [1.165, 1.54) is 12.0 Å². The van der Waals surface area contributed by atoms with E-state index < -0.39 is 40.0 Å². The number of hydrogen-bond acceptors (Lipinski definition) is 5. The van der Waals surface area contributed by atoms with E-state index in [-0.39, 0.29) is 24.4 Å². The maximum atomic E-state index is 14.2. The van der Waals surface area contributed by atoms with Crippen molar-refractivity contribution in [3.05, 3.63) is 94.0 Å². The molecule has 0 saturated carbocycles. The largest absolute Gasteiger partial charge is 0.495 e. The minimum absolute atomic E-state index is 0.129. The summed E-state index contributed by atoms with van der Waals surface area (Å²) in [5.74, 6) is -0.749. The van der Waals surface area contributed by atoms with E-state index in [1.807, 2.05) is 51.1 Å². The van der Waals surface area contributed by atoms with Gasteiger partial charge in [-0.2, -0.15) is 0 Å². The lowest BCUT2D eigenvalue weighted by molar-refractivity contribution is -0.140. The van der Waals surface area contributed by atoms with Gasteiger partial charge in [-0.05, 0) is 50.6 Å². The SMILES string of the molecule is COc1ccccc1N(CC(=O)N(Cc1c(Cl)cccc1Cl)C(Cc1ccccc1)C(=O)NC(C)(C)C)S(C)(=O)=O. The van der Waals surface area contributed by atoms with E-state index in [1.54, 1.807) is 42.5 Å². The summed E-state index contributed by atoms with van der Waals surface area (Å²) in [6.07, 6.45) is 1.18. The van der Waals surface area contributed by atoms with Crippen LogP contribution < -0.4 is 14.4 Å². The summed E-state index contributed by atoms with van der Waals surface area (Å²) in [5.41, 5.74) is 0.850. The monoisotopic (exact) mass is 619 g/mol. The van der Waals surface area contributed by atoms with Crippen molar-refractivity contribution in [3.63, 3.8) is 0 Å². The number of rotatable bonds is 11. The summed E-state index contributed by atoms with van der Waals surface area (Å²) in [6, 6.07) is 19.7. The molecule has 0 aliphatic heterocycles. The molecule has 1 N–H and O–H groups in total. The number of halogens is 2. The van der Waals surface area contributed by atoms with Crippen LogP contribution in [0.4, 0.5) is 5.69 Å². The van der Waals surface area contributed by atoms with Gasteiger partial charge in [-0.3, -0.25) is 13.9 Å². The number of para-hydroxylation sites is 2. The molecule has 0 radical (unpaired) electrons. The molecular weight excluding hydrogens is 585 g/mol. The van der Waals surface area contributed by atoms with Gasteiger partial charge in [-0.15, -0.1) is 0 Å². The minimum atomic E-state index is -3.95. The highest BCUT2D eigenvalue weighted by atomic mass is 35.5. The Kier molecular flexibility index (Phi) is 10.7. The van der Waals surface area contributed by atoms with Gasteiger partial charge in [0.05, 0.1) is 19.1 Å². The molecule has 3 aromatic rings. The van der Waals surface area contributed by atoms with Crippen LogP contribution in [0.25, 0.3) is 0 Å². The Bertz CT molecular complexity index is 1460. The van der Waals surface area contributed by atoms with Gasteiger partial charge in [0.2, 0.25) is 21.8 Å². The predicted octanol–water partition coefficient (Wildman–Crippen LogP) is 5.32. The lowest BCUT2D eigenvalue weighted by Gasteiger charge is -2.35. The van der Waals surface area contributed by atoms with Gasteiger partial charge < -0.3 is 15.0 Å². The summed E-state index contributed by atoms with van der Waals surface area (Å²) >= 11 is 13.0. The van der Waals surface area contributed by atoms with E-state index in [2.05, 4.69) is 5.32 Å². The zero-order valence-electron chi connectivity index (χ0n) is 23.7. The van der Waals surface area contributed by atoms with Gasteiger partial charge in [0.1, 0.15) is 18.3 Å². The highest BCUT2D eigenvalue weighted by molar-refractivity contribution is 7.92. The fraction of sp³-hybridized carbons (Fsp3) is 0.333. The minimum Gasteiger partial charge on any atom is -0.495 e. The van der Waals surface area contributed by atoms with Crippen LogP contribution in [-0.2, 0) is 32.6 Å². The molecule has 0 spiro atoms. The number of nitrogens with one attached hydrogen (secondary N) is 1. The molecule has 0 bridgehead atoms. The van der Waals surface area contributed by atoms with Crippen molar-refractivity contribution in [2.75, 3.05) is 24.2 Å². The lowest BCUT2D eigenvalue weighted by Crippen LogP contribution is -2.56. The number of carbonyl (C=O) groups is 2. The molecule has 0 fully saturated rings. The molecule has 1 unspecified atom stereocenters. The van der Waals surface area contributed by atoms with Crippen molar-refractivity contribution in [3.8, 4) is 5.75 Å². The van der Waals surface area contributed by atoms with Crippen molar-refractivity contribution in [1.29, 1.82) is 0 Å². The Labute approximate surface area is 252 Å².